The minimum Gasteiger partial charge on any atom is -0.370 e. The highest BCUT2D eigenvalue weighted by molar-refractivity contribution is 7.79. The molecular formula is C18H30N12O4S. The number of aromatic nitrogens is 4. The van der Waals surface area contributed by atoms with Crippen LogP contribution < -0.4 is 21.3 Å². The number of guanidine groups is 2. The topological polar surface area (TPSA) is 239 Å². The van der Waals surface area contributed by atoms with Crippen molar-refractivity contribution in [2.24, 2.45) is 11.5 Å². The average Bonchev–Trinajstić information content (AvgIpc) is 2.85. The van der Waals surface area contributed by atoms with Crippen LogP contribution in [0, 0.1) is 10.8 Å². The predicted molar refractivity (Wildman–Crippen MR) is 130 cm³/mol. The minimum atomic E-state index is -4.67. The Hall–Kier alpha value is -3.83. The van der Waals surface area contributed by atoms with Crippen LogP contribution in [0.1, 0.15) is 0 Å². The number of nitrogens with one attached hydrogen (secondary N) is 2. The molecule has 2 aliphatic heterocycles. The second-order valence-electron chi connectivity index (χ2n) is 7.26. The fourth-order valence-corrected chi connectivity index (χ4v) is 3.20. The van der Waals surface area contributed by atoms with E-state index in [4.69, 9.17) is 39.8 Å². The second kappa shape index (κ2) is 13.2. The van der Waals surface area contributed by atoms with Gasteiger partial charge < -0.3 is 31.1 Å². The Balaban J connectivity index is 0.000000208. The fraction of sp³-hybridized carbons (Fsp3) is 0.444. The maximum absolute atomic E-state index is 8.74. The van der Waals surface area contributed by atoms with Gasteiger partial charge in [0.05, 0.1) is 0 Å². The van der Waals surface area contributed by atoms with Crippen LogP contribution in [0.3, 0.4) is 0 Å². The zero-order valence-electron chi connectivity index (χ0n) is 19.0. The van der Waals surface area contributed by atoms with E-state index in [1.165, 1.54) is 0 Å². The molecule has 2 aliphatic rings. The van der Waals surface area contributed by atoms with Crippen molar-refractivity contribution in [3.63, 3.8) is 0 Å². The van der Waals surface area contributed by atoms with Crippen molar-refractivity contribution in [1.82, 2.24) is 29.7 Å². The molecule has 0 aromatic carbocycles. The molecule has 2 saturated heterocycles. The van der Waals surface area contributed by atoms with E-state index in [2.05, 4.69) is 29.7 Å². The SMILES string of the molecule is N=C(N)N1CCN(c2ncccn2)CC1.N=C(N)N1CCN(c2ncccn2)CC1.O=S(=O)(O)O. The molecule has 0 unspecified atom stereocenters. The molecule has 192 valence electrons. The molecule has 4 rings (SSSR count). The van der Waals surface area contributed by atoms with Crippen LogP contribution in [0.2, 0.25) is 0 Å². The average molecular weight is 511 g/mol. The lowest BCUT2D eigenvalue weighted by atomic mass is 10.3. The van der Waals surface area contributed by atoms with E-state index in [-0.39, 0.29) is 11.9 Å². The van der Waals surface area contributed by atoms with Crippen LogP contribution in [0.25, 0.3) is 0 Å². The Kier molecular flexibility index (Phi) is 10.3. The first kappa shape index (κ1) is 27.4. The summed E-state index contributed by atoms with van der Waals surface area (Å²) in [6, 6.07) is 3.60. The molecule has 0 amide bonds. The zero-order chi connectivity index (χ0) is 25.8. The third-order valence-corrected chi connectivity index (χ3v) is 4.91. The summed E-state index contributed by atoms with van der Waals surface area (Å²) in [7, 11) is -4.67. The number of hydrogen-bond donors (Lipinski definition) is 6. The van der Waals surface area contributed by atoms with Crippen molar-refractivity contribution in [2.45, 2.75) is 0 Å². The van der Waals surface area contributed by atoms with Crippen molar-refractivity contribution >= 4 is 34.2 Å². The summed E-state index contributed by atoms with van der Waals surface area (Å²) in [5, 5.41) is 14.6. The summed E-state index contributed by atoms with van der Waals surface area (Å²) < 4.78 is 31.6. The summed E-state index contributed by atoms with van der Waals surface area (Å²) in [5.74, 6) is 1.79. The fourth-order valence-electron chi connectivity index (χ4n) is 3.20. The quantitative estimate of drug-likeness (QED) is 0.150. The van der Waals surface area contributed by atoms with Crippen LogP contribution in [0.5, 0.6) is 0 Å². The third-order valence-electron chi connectivity index (χ3n) is 4.91. The third kappa shape index (κ3) is 10.3. The number of piperazine rings is 2. The summed E-state index contributed by atoms with van der Waals surface area (Å²) in [6.45, 7) is 6.27. The number of nitrogens with two attached hydrogens (primary N) is 2. The Morgan fingerprint density at radius 1 is 0.686 bits per heavy atom. The molecule has 8 N–H and O–H groups in total. The standard InChI is InChI=1S/2C9H14N6.H2O4S/c2*10-8(11)14-4-6-15(7-5-14)9-12-2-1-3-13-9;1-5(2,3)4/h2*1-3H,4-7H2,(H3,10,11);(H2,1,2,3,4). The van der Waals surface area contributed by atoms with E-state index >= 15 is 0 Å². The number of hydrogen-bond acceptors (Lipinski definition) is 10. The first-order valence-corrected chi connectivity index (χ1v) is 11.9. The maximum atomic E-state index is 8.74. The molecular weight excluding hydrogens is 480 g/mol. The summed E-state index contributed by atoms with van der Waals surface area (Å²) in [4.78, 5) is 24.6. The Labute approximate surface area is 203 Å². The van der Waals surface area contributed by atoms with Gasteiger partial charge in [-0.1, -0.05) is 0 Å². The van der Waals surface area contributed by atoms with Gasteiger partial charge in [-0.3, -0.25) is 19.9 Å². The van der Waals surface area contributed by atoms with Gasteiger partial charge >= 0.3 is 10.4 Å². The molecule has 17 heteroatoms. The van der Waals surface area contributed by atoms with E-state index in [0.717, 1.165) is 64.3 Å². The van der Waals surface area contributed by atoms with Crippen LogP contribution in [-0.4, -0.2) is 112 Å². The molecule has 0 radical (unpaired) electrons. The number of nitrogens with zero attached hydrogens (tertiary/aromatic N) is 8. The lowest BCUT2D eigenvalue weighted by Gasteiger charge is -2.34. The van der Waals surface area contributed by atoms with Crippen LogP contribution in [0.4, 0.5) is 11.9 Å². The Morgan fingerprint density at radius 3 is 1.17 bits per heavy atom. The molecule has 0 saturated carbocycles. The lowest BCUT2D eigenvalue weighted by Crippen LogP contribution is -2.51. The van der Waals surface area contributed by atoms with Gasteiger partial charge in [0, 0.05) is 77.1 Å². The predicted octanol–water partition coefficient (Wildman–Crippen LogP) is -1.67. The van der Waals surface area contributed by atoms with Crippen molar-refractivity contribution in [1.29, 1.82) is 10.8 Å². The van der Waals surface area contributed by atoms with Crippen molar-refractivity contribution in [3.05, 3.63) is 36.9 Å². The van der Waals surface area contributed by atoms with Crippen LogP contribution in [0.15, 0.2) is 36.9 Å². The zero-order valence-corrected chi connectivity index (χ0v) is 19.8. The maximum Gasteiger partial charge on any atom is 0.394 e. The van der Waals surface area contributed by atoms with Gasteiger partial charge in [-0.25, -0.2) is 19.9 Å². The van der Waals surface area contributed by atoms with E-state index in [1.807, 2.05) is 9.80 Å². The summed E-state index contributed by atoms with van der Waals surface area (Å²) >= 11 is 0. The van der Waals surface area contributed by atoms with Gasteiger partial charge in [0.15, 0.2) is 11.9 Å². The van der Waals surface area contributed by atoms with Gasteiger partial charge in [-0.2, -0.15) is 8.42 Å². The van der Waals surface area contributed by atoms with E-state index in [0.29, 0.717) is 0 Å². The van der Waals surface area contributed by atoms with E-state index < -0.39 is 10.4 Å². The molecule has 2 aromatic heterocycles. The Bertz CT molecular complexity index is 950. The van der Waals surface area contributed by atoms with Crippen molar-refractivity contribution in [2.75, 3.05) is 62.2 Å². The molecule has 0 spiro atoms. The highest BCUT2D eigenvalue weighted by Gasteiger charge is 2.19. The first-order chi connectivity index (χ1) is 16.5. The monoisotopic (exact) mass is 510 g/mol. The van der Waals surface area contributed by atoms with E-state index in [1.54, 1.807) is 36.9 Å². The Morgan fingerprint density at radius 2 is 0.943 bits per heavy atom. The molecule has 2 aromatic rings. The lowest BCUT2D eigenvalue weighted by molar-refractivity contribution is 0.377. The summed E-state index contributed by atoms with van der Waals surface area (Å²) in [6.07, 6.45) is 6.94. The molecule has 2 fully saturated rings. The highest BCUT2D eigenvalue weighted by Crippen LogP contribution is 2.09. The minimum absolute atomic E-state index is 0.142. The largest absolute Gasteiger partial charge is 0.394 e. The van der Waals surface area contributed by atoms with Crippen molar-refractivity contribution < 1.29 is 17.5 Å². The molecule has 35 heavy (non-hydrogen) atoms. The summed E-state index contributed by atoms with van der Waals surface area (Å²) in [5.41, 5.74) is 10.8. The molecule has 4 heterocycles. The normalized spacial score (nSPS) is 15.8. The van der Waals surface area contributed by atoms with Gasteiger partial charge in [0.1, 0.15) is 0 Å². The van der Waals surface area contributed by atoms with E-state index in [9.17, 15) is 0 Å². The van der Waals surface area contributed by atoms with Gasteiger partial charge in [-0.15, -0.1) is 0 Å². The smallest absolute Gasteiger partial charge is 0.370 e. The first-order valence-electron chi connectivity index (χ1n) is 10.5. The second-order valence-corrected chi connectivity index (χ2v) is 8.16. The van der Waals surface area contributed by atoms with Gasteiger partial charge in [0.25, 0.3) is 0 Å². The van der Waals surface area contributed by atoms with Gasteiger partial charge in [-0.05, 0) is 12.1 Å². The number of rotatable bonds is 2. The van der Waals surface area contributed by atoms with Gasteiger partial charge in [0.2, 0.25) is 11.9 Å². The molecule has 0 aliphatic carbocycles. The molecule has 0 bridgehead atoms. The highest BCUT2D eigenvalue weighted by atomic mass is 32.3. The molecule has 0 atom stereocenters. The van der Waals surface area contributed by atoms with Crippen LogP contribution >= 0.6 is 0 Å². The number of anilines is 2. The molecule has 16 nitrogen and oxygen atoms in total. The van der Waals surface area contributed by atoms with Crippen molar-refractivity contribution in [3.8, 4) is 0 Å². The van der Waals surface area contributed by atoms with Crippen LogP contribution in [-0.2, 0) is 10.4 Å².